The normalized spacial score (nSPS) is 11.3. The van der Waals surface area contributed by atoms with Crippen LogP contribution in [0.5, 0.6) is 0 Å². The van der Waals surface area contributed by atoms with Crippen molar-refractivity contribution in [3.63, 3.8) is 0 Å². The first-order chi connectivity index (χ1) is 9.24. The molecule has 0 bridgehead atoms. The van der Waals surface area contributed by atoms with Crippen molar-refractivity contribution in [3.8, 4) is 0 Å². The van der Waals surface area contributed by atoms with E-state index in [1.54, 1.807) is 18.0 Å². The van der Waals surface area contributed by atoms with Gasteiger partial charge in [-0.15, -0.1) is 11.3 Å². The van der Waals surface area contributed by atoms with E-state index < -0.39 is 0 Å². The molecule has 6 heteroatoms. The molecule has 104 valence electrons. The highest BCUT2D eigenvalue weighted by Gasteiger charge is 2.07. The lowest BCUT2D eigenvalue weighted by atomic mass is 10.3. The Morgan fingerprint density at radius 2 is 2.32 bits per heavy atom. The second kappa shape index (κ2) is 6.79. The predicted molar refractivity (Wildman–Crippen MR) is 78.0 cm³/mol. The number of methoxy groups -OCH3 is 1. The molecule has 0 amide bonds. The third kappa shape index (κ3) is 3.40. The first-order valence-electron chi connectivity index (χ1n) is 6.37. The molecule has 2 heterocycles. The standard InChI is InChI=1S/C13H19N3O2S/c1-10-8-19-12-11(10)15-9-16(13(12)17)6-3-4-14-5-7-18-2/h8-9,14H,3-7H2,1-2H3. The average Bonchev–Trinajstić information content (AvgIpc) is 2.78. The monoisotopic (exact) mass is 281 g/mol. The molecule has 0 aliphatic carbocycles. The summed E-state index contributed by atoms with van der Waals surface area (Å²) in [5.41, 5.74) is 1.98. The number of hydrogen-bond donors (Lipinski definition) is 1. The Morgan fingerprint density at radius 1 is 1.47 bits per heavy atom. The van der Waals surface area contributed by atoms with Gasteiger partial charge >= 0.3 is 0 Å². The second-order valence-electron chi connectivity index (χ2n) is 4.44. The molecule has 2 rings (SSSR count). The lowest BCUT2D eigenvalue weighted by Gasteiger charge is -2.06. The summed E-state index contributed by atoms with van der Waals surface area (Å²) in [5.74, 6) is 0. The van der Waals surface area contributed by atoms with E-state index in [4.69, 9.17) is 4.74 Å². The summed E-state index contributed by atoms with van der Waals surface area (Å²) in [5, 5.41) is 5.24. The molecule has 0 atom stereocenters. The number of thiophene rings is 1. The van der Waals surface area contributed by atoms with Crippen LogP contribution < -0.4 is 10.9 Å². The minimum atomic E-state index is 0.0694. The fourth-order valence-corrected chi connectivity index (χ4v) is 2.84. The number of rotatable bonds is 7. The Labute approximate surface area is 116 Å². The fourth-order valence-electron chi connectivity index (χ4n) is 1.89. The molecule has 0 aliphatic heterocycles. The summed E-state index contributed by atoms with van der Waals surface area (Å²) in [6.07, 6.45) is 2.56. The summed E-state index contributed by atoms with van der Waals surface area (Å²) in [4.78, 5) is 16.6. The molecule has 0 aliphatic rings. The van der Waals surface area contributed by atoms with Gasteiger partial charge in [0.15, 0.2) is 0 Å². The average molecular weight is 281 g/mol. The number of aromatic nitrogens is 2. The molecule has 0 saturated carbocycles. The maximum absolute atomic E-state index is 12.2. The van der Waals surface area contributed by atoms with E-state index >= 15 is 0 Å². The largest absolute Gasteiger partial charge is 0.383 e. The van der Waals surface area contributed by atoms with Crippen molar-refractivity contribution in [1.29, 1.82) is 0 Å². The Kier molecular flexibility index (Phi) is 5.07. The van der Waals surface area contributed by atoms with Crippen molar-refractivity contribution >= 4 is 21.6 Å². The summed E-state index contributed by atoms with van der Waals surface area (Å²) in [7, 11) is 1.69. The molecule has 0 spiro atoms. The number of hydrogen-bond acceptors (Lipinski definition) is 5. The van der Waals surface area contributed by atoms with Crippen molar-refractivity contribution in [2.75, 3.05) is 26.8 Å². The van der Waals surface area contributed by atoms with Crippen molar-refractivity contribution in [1.82, 2.24) is 14.9 Å². The van der Waals surface area contributed by atoms with E-state index in [0.717, 1.165) is 35.3 Å². The van der Waals surface area contributed by atoms with Gasteiger partial charge in [0.05, 0.1) is 18.5 Å². The van der Waals surface area contributed by atoms with Crippen LogP contribution in [0, 0.1) is 6.92 Å². The van der Waals surface area contributed by atoms with Crippen LogP contribution in [-0.2, 0) is 11.3 Å². The minimum Gasteiger partial charge on any atom is -0.383 e. The van der Waals surface area contributed by atoms with Gasteiger partial charge in [-0.1, -0.05) is 0 Å². The summed E-state index contributed by atoms with van der Waals surface area (Å²) >= 11 is 1.48. The van der Waals surface area contributed by atoms with Gasteiger partial charge in [-0.3, -0.25) is 9.36 Å². The van der Waals surface area contributed by atoms with Crippen molar-refractivity contribution in [2.24, 2.45) is 0 Å². The maximum Gasteiger partial charge on any atom is 0.271 e. The van der Waals surface area contributed by atoms with Gasteiger partial charge in [0, 0.05) is 20.2 Å². The number of aryl methyl sites for hydroxylation is 2. The van der Waals surface area contributed by atoms with Gasteiger partial charge in [0.25, 0.3) is 5.56 Å². The van der Waals surface area contributed by atoms with Crippen molar-refractivity contribution in [3.05, 3.63) is 27.6 Å². The zero-order valence-electron chi connectivity index (χ0n) is 11.3. The third-order valence-corrected chi connectivity index (χ3v) is 4.03. The Bertz CT molecular complexity index is 591. The Hall–Kier alpha value is -1.24. The molecule has 2 aromatic heterocycles. The third-order valence-electron chi connectivity index (χ3n) is 2.96. The molecule has 0 unspecified atom stereocenters. The van der Waals surface area contributed by atoms with E-state index in [2.05, 4.69) is 10.3 Å². The van der Waals surface area contributed by atoms with Gasteiger partial charge in [-0.05, 0) is 30.8 Å². The van der Waals surface area contributed by atoms with Gasteiger partial charge in [-0.2, -0.15) is 0 Å². The maximum atomic E-state index is 12.2. The zero-order chi connectivity index (χ0) is 13.7. The topological polar surface area (TPSA) is 56.1 Å². The first kappa shape index (κ1) is 14.2. The van der Waals surface area contributed by atoms with E-state index in [0.29, 0.717) is 13.2 Å². The highest BCUT2D eigenvalue weighted by atomic mass is 32.1. The SMILES string of the molecule is COCCNCCCn1cnc2c(C)csc2c1=O. The number of fused-ring (bicyclic) bond motifs is 1. The summed E-state index contributed by atoms with van der Waals surface area (Å²) in [6, 6.07) is 0. The molecule has 0 fully saturated rings. The van der Waals surface area contributed by atoms with Crippen LogP contribution in [0.15, 0.2) is 16.5 Å². The van der Waals surface area contributed by atoms with E-state index in [1.165, 1.54) is 11.3 Å². The van der Waals surface area contributed by atoms with Crippen LogP contribution in [-0.4, -0.2) is 36.4 Å². The second-order valence-corrected chi connectivity index (χ2v) is 5.32. The fraction of sp³-hybridized carbons (Fsp3) is 0.538. The van der Waals surface area contributed by atoms with E-state index in [9.17, 15) is 4.79 Å². The molecule has 1 N–H and O–H groups in total. The van der Waals surface area contributed by atoms with Gasteiger partial charge in [0.1, 0.15) is 4.70 Å². The number of nitrogens with one attached hydrogen (secondary N) is 1. The number of nitrogens with zero attached hydrogens (tertiary/aromatic N) is 2. The van der Waals surface area contributed by atoms with Crippen LogP contribution in [0.1, 0.15) is 12.0 Å². The van der Waals surface area contributed by atoms with Gasteiger partial charge in [0.2, 0.25) is 0 Å². The minimum absolute atomic E-state index is 0.0694. The lowest BCUT2D eigenvalue weighted by Crippen LogP contribution is -2.24. The lowest BCUT2D eigenvalue weighted by molar-refractivity contribution is 0.199. The van der Waals surface area contributed by atoms with Gasteiger partial charge < -0.3 is 10.1 Å². The first-order valence-corrected chi connectivity index (χ1v) is 7.25. The molecule has 0 aromatic carbocycles. The molecule has 0 saturated heterocycles. The zero-order valence-corrected chi connectivity index (χ0v) is 12.1. The van der Waals surface area contributed by atoms with E-state index in [-0.39, 0.29) is 5.56 Å². The molecular weight excluding hydrogens is 262 g/mol. The molecule has 5 nitrogen and oxygen atoms in total. The number of ether oxygens (including phenoxy) is 1. The van der Waals surface area contributed by atoms with E-state index in [1.807, 2.05) is 12.3 Å². The quantitative estimate of drug-likeness (QED) is 0.779. The van der Waals surface area contributed by atoms with Crippen LogP contribution in [0.4, 0.5) is 0 Å². The van der Waals surface area contributed by atoms with Crippen LogP contribution in [0.2, 0.25) is 0 Å². The Morgan fingerprint density at radius 3 is 3.11 bits per heavy atom. The van der Waals surface area contributed by atoms with Gasteiger partial charge in [-0.25, -0.2) is 4.98 Å². The van der Waals surface area contributed by atoms with Crippen LogP contribution in [0.3, 0.4) is 0 Å². The highest BCUT2D eigenvalue weighted by molar-refractivity contribution is 7.17. The predicted octanol–water partition coefficient (Wildman–Crippen LogP) is 1.39. The van der Waals surface area contributed by atoms with Crippen molar-refractivity contribution < 1.29 is 4.74 Å². The molecule has 19 heavy (non-hydrogen) atoms. The van der Waals surface area contributed by atoms with Crippen molar-refractivity contribution in [2.45, 2.75) is 19.9 Å². The highest BCUT2D eigenvalue weighted by Crippen LogP contribution is 2.19. The molecule has 0 radical (unpaired) electrons. The Balaban J connectivity index is 1.94. The molecule has 2 aromatic rings. The van der Waals surface area contributed by atoms with Crippen LogP contribution >= 0.6 is 11.3 Å². The summed E-state index contributed by atoms with van der Waals surface area (Å²) in [6.45, 7) is 5.10. The summed E-state index contributed by atoms with van der Waals surface area (Å²) < 4.78 is 7.40. The van der Waals surface area contributed by atoms with Crippen LogP contribution in [0.25, 0.3) is 10.2 Å². The molecular formula is C13H19N3O2S. The smallest absolute Gasteiger partial charge is 0.271 e.